The fourth-order valence-corrected chi connectivity index (χ4v) is 3.77. The highest BCUT2D eigenvalue weighted by molar-refractivity contribution is 6.30. The van der Waals surface area contributed by atoms with Crippen LogP contribution < -0.4 is 5.56 Å². The van der Waals surface area contributed by atoms with Gasteiger partial charge in [0.05, 0.1) is 22.1 Å². The number of fused-ring (bicyclic) bond motifs is 3. The second kappa shape index (κ2) is 7.99. The molecule has 0 spiro atoms. The van der Waals surface area contributed by atoms with Crippen LogP contribution in [0.15, 0.2) is 83.8 Å². The number of nitrogens with zero attached hydrogens (tertiary/aromatic N) is 3. The van der Waals surface area contributed by atoms with Crippen LogP contribution in [0.4, 0.5) is 0 Å². The van der Waals surface area contributed by atoms with E-state index in [0.29, 0.717) is 32.5 Å². The molecule has 0 atom stereocenters. The zero-order valence-electron chi connectivity index (χ0n) is 16.2. The van der Waals surface area contributed by atoms with Gasteiger partial charge in [-0.1, -0.05) is 41.4 Å². The summed E-state index contributed by atoms with van der Waals surface area (Å²) in [6.45, 7) is 0. The number of benzene rings is 3. The number of aromatic nitrogens is 3. The molecule has 0 fully saturated rings. The number of pyridine rings is 1. The van der Waals surface area contributed by atoms with Crippen molar-refractivity contribution in [3.05, 3.63) is 111 Å². The molecule has 0 amide bonds. The Morgan fingerprint density at radius 2 is 1.48 bits per heavy atom. The van der Waals surface area contributed by atoms with Crippen LogP contribution in [0.5, 0.6) is 0 Å². The van der Waals surface area contributed by atoms with Crippen molar-refractivity contribution < 1.29 is 0 Å². The minimum Gasteiger partial charge on any atom is -0.268 e. The summed E-state index contributed by atoms with van der Waals surface area (Å²) in [7, 11) is 0. The smallest absolute Gasteiger partial charge is 0.266 e. The zero-order valence-corrected chi connectivity index (χ0v) is 17.7. The molecule has 5 aromatic rings. The summed E-state index contributed by atoms with van der Waals surface area (Å²) < 4.78 is 1.59. The van der Waals surface area contributed by atoms with E-state index < -0.39 is 0 Å². The molecule has 2 heterocycles. The van der Waals surface area contributed by atoms with Gasteiger partial charge in [-0.2, -0.15) is 0 Å². The average molecular weight is 444 g/mol. The summed E-state index contributed by atoms with van der Waals surface area (Å²) in [4.78, 5) is 22.8. The third kappa shape index (κ3) is 3.72. The molecule has 3 aromatic carbocycles. The van der Waals surface area contributed by atoms with Gasteiger partial charge in [-0.15, -0.1) is 0 Å². The van der Waals surface area contributed by atoms with Gasteiger partial charge in [0.25, 0.3) is 5.56 Å². The van der Waals surface area contributed by atoms with Crippen LogP contribution in [0.1, 0.15) is 11.4 Å². The first-order chi connectivity index (χ1) is 15.1. The van der Waals surface area contributed by atoms with Gasteiger partial charge in [0.2, 0.25) is 0 Å². The molecule has 2 aromatic heterocycles. The molecule has 4 nitrogen and oxygen atoms in total. The predicted molar refractivity (Wildman–Crippen MR) is 128 cm³/mol. The van der Waals surface area contributed by atoms with Gasteiger partial charge in [-0.05, 0) is 72.3 Å². The molecular formula is C25H15Cl2N3O. The maximum absolute atomic E-state index is 13.6. The van der Waals surface area contributed by atoms with Crippen molar-refractivity contribution in [2.24, 2.45) is 0 Å². The van der Waals surface area contributed by atoms with Crippen LogP contribution in [-0.4, -0.2) is 14.5 Å². The van der Waals surface area contributed by atoms with E-state index in [4.69, 9.17) is 28.2 Å². The van der Waals surface area contributed by atoms with Crippen LogP contribution in [-0.2, 0) is 0 Å². The van der Waals surface area contributed by atoms with E-state index >= 15 is 0 Å². The Kier molecular flexibility index (Phi) is 5.02. The Bertz CT molecular complexity index is 1510. The fraction of sp³-hybridized carbons (Fsp3) is 0. The summed E-state index contributed by atoms with van der Waals surface area (Å²) >= 11 is 12.0. The lowest BCUT2D eigenvalue weighted by Crippen LogP contribution is -2.22. The van der Waals surface area contributed by atoms with Gasteiger partial charge in [-0.25, -0.2) is 4.98 Å². The first-order valence-corrected chi connectivity index (χ1v) is 10.4. The van der Waals surface area contributed by atoms with Crippen molar-refractivity contribution in [3.8, 4) is 5.69 Å². The van der Waals surface area contributed by atoms with E-state index in [1.807, 2.05) is 54.6 Å². The van der Waals surface area contributed by atoms with Gasteiger partial charge < -0.3 is 0 Å². The molecule has 31 heavy (non-hydrogen) atoms. The Balaban J connectivity index is 1.79. The number of halogens is 2. The van der Waals surface area contributed by atoms with E-state index in [0.717, 1.165) is 16.5 Å². The minimum absolute atomic E-state index is 0.158. The van der Waals surface area contributed by atoms with Crippen molar-refractivity contribution in [2.45, 2.75) is 0 Å². The highest BCUT2D eigenvalue weighted by Crippen LogP contribution is 2.23. The molecule has 5 rings (SSSR count). The summed E-state index contributed by atoms with van der Waals surface area (Å²) in [5.74, 6) is 0.506. The number of hydrogen-bond acceptors (Lipinski definition) is 3. The summed E-state index contributed by atoms with van der Waals surface area (Å²) in [6, 6.07) is 22.0. The Morgan fingerprint density at radius 3 is 2.23 bits per heavy atom. The molecule has 0 radical (unpaired) electrons. The highest BCUT2D eigenvalue weighted by Gasteiger charge is 2.13. The van der Waals surface area contributed by atoms with Crippen molar-refractivity contribution in [3.63, 3.8) is 0 Å². The lowest BCUT2D eigenvalue weighted by Gasteiger charge is -2.12. The van der Waals surface area contributed by atoms with E-state index in [9.17, 15) is 4.79 Å². The molecule has 0 saturated heterocycles. The molecule has 0 saturated carbocycles. The van der Waals surface area contributed by atoms with E-state index in [1.165, 1.54) is 0 Å². The normalized spacial score (nSPS) is 11.5. The first-order valence-electron chi connectivity index (χ1n) is 9.60. The van der Waals surface area contributed by atoms with Crippen molar-refractivity contribution in [2.75, 3.05) is 0 Å². The topological polar surface area (TPSA) is 47.8 Å². The van der Waals surface area contributed by atoms with E-state index in [2.05, 4.69) is 4.98 Å². The SMILES string of the molecule is O=c1c2ccc3ncccc3c2nc(C=Cc2ccc(Cl)cc2)n1-c1ccc(Cl)cc1. The lowest BCUT2D eigenvalue weighted by atomic mass is 10.1. The van der Waals surface area contributed by atoms with Crippen LogP contribution in [0.25, 0.3) is 39.6 Å². The third-order valence-corrected chi connectivity index (χ3v) is 5.53. The van der Waals surface area contributed by atoms with Gasteiger partial charge in [0, 0.05) is 21.6 Å². The Morgan fingerprint density at radius 1 is 0.774 bits per heavy atom. The fourth-order valence-electron chi connectivity index (χ4n) is 3.52. The van der Waals surface area contributed by atoms with E-state index in [-0.39, 0.29) is 5.56 Å². The largest absolute Gasteiger partial charge is 0.268 e. The van der Waals surface area contributed by atoms with Crippen LogP contribution in [0, 0.1) is 0 Å². The minimum atomic E-state index is -0.158. The lowest BCUT2D eigenvalue weighted by molar-refractivity contribution is 0.945. The van der Waals surface area contributed by atoms with Crippen LogP contribution in [0.3, 0.4) is 0 Å². The highest BCUT2D eigenvalue weighted by atomic mass is 35.5. The maximum Gasteiger partial charge on any atom is 0.266 e. The second-order valence-corrected chi connectivity index (χ2v) is 7.88. The quantitative estimate of drug-likeness (QED) is 0.302. The monoisotopic (exact) mass is 443 g/mol. The maximum atomic E-state index is 13.6. The Labute approximate surface area is 188 Å². The van der Waals surface area contributed by atoms with Crippen molar-refractivity contribution in [1.82, 2.24) is 14.5 Å². The standard InChI is InChI=1S/C25H15Cl2N3O/c26-17-6-3-16(4-7-17)5-14-23-29-24-20-2-1-15-28-22(20)13-12-21(24)25(31)30(23)19-10-8-18(27)9-11-19/h1-15H. The van der Waals surface area contributed by atoms with Gasteiger partial charge in [0.15, 0.2) is 0 Å². The molecule has 0 N–H and O–H groups in total. The van der Waals surface area contributed by atoms with Crippen LogP contribution >= 0.6 is 23.2 Å². The average Bonchev–Trinajstić information content (AvgIpc) is 2.79. The summed E-state index contributed by atoms with van der Waals surface area (Å²) in [5, 5.41) is 2.62. The number of hydrogen-bond donors (Lipinski definition) is 0. The second-order valence-electron chi connectivity index (χ2n) is 7.00. The van der Waals surface area contributed by atoms with Gasteiger partial charge in [0.1, 0.15) is 5.82 Å². The van der Waals surface area contributed by atoms with Gasteiger partial charge >= 0.3 is 0 Å². The van der Waals surface area contributed by atoms with Gasteiger partial charge in [-0.3, -0.25) is 14.3 Å². The molecular weight excluding hydrogens is 429 g/mol. The van der Waals surface area contributed by atoms with Crippen molar-refractivity contribution in [1.29, 1.82) is 0 Å². The third-order valence-electron chi connectivity index (χ3n) is 5.03. The molecule has 0 aliphatic heterocycles. The molecule has 150 valence electrons. The molecule has 6 heteroatoms. The molecule has 0 unspecified atom stereocenters. The number of rotatable bonds is 3. The Hall–Kier alpha value is -3.47. The van der Waals surface area contributed by atoms with Crippen LogP contribution in [0.2, 0.25) is 10.0 Å². The summed E-state index contributed by atoms with van der Waals surface area (Å²) in [5.41, 5.74) is 2.89. The molecule has 0 bridgehead atoms. The van der Waals surface area contributed by atoms with E-state index in [1.54, 1.807) is 41.1 Å². The molecule has 0 aliphatic carbocycles. The van der Waals surface area contributed by atoms with Crippen molar-refractivity contribution >= 4 is 57.2 Å². The molecule has 0 aliphatic rings. The predicted octanol–water partition coefficient (Wildman–Crippen LogP) is 6.41. The first kappa shape index (κ1) is 19.5. The summed E-state index contributed by atoms with van der Waals surface area (Å²) in [6.07, 6.45) is 5.46. The zero-order chi connectivity index (χ0) is 21.4.